The molecule has 0 saturated carbocycles. The van der Waals surface area contributed by atoms with Gasteiger partial charge in [-0.25, -0.2) is 0 Å². The van der Waals surface area contributed by atoms with Gasteiger partial charge >= 0.3 is 0 Å². The third-order valence-corrected chi connectivity index (χ3v) is 5.82. The van der Waals surface area contributed by atoms with Crippen LogP contribution in [-0.2, 0) is 9.59 Å². The van der Waals surface area contributed by atoms with E-state index in [-0.39, 0.29) is 11.3 Å². The van der Waals surface area contributed by atoms with Gasteiger partial charge in [0.15, 0.2) is 0 Å². The van der Waals surface area contributed by atoms with Crippen LogP contribution in [-0.4, -0.2) is 23.9 Å². The van der Waals surface area contributed by atoms with Gasteiger partial charge in [-0.05, 0) is 60.0 Å². The van der Waals surface area contributed by atoms with E-state index in [9.17, 15) is 14.7 Å². The normalized spacial score (nSPS) is 17.7. The number of methoxy groups -OCH3 is 1. The molecule has 3 aromatic rings. The van der Waals surface area contributed by atoms with Crippen molar-refractivity contribution in [1.29, 1.82) is 5.26 Å². The van der Waals surface area contributed by atoms with Gasteiger partial charge in [-0.15, -0.1) is 11.3 Å². The van der Waals surface area contributed by atoms with E-state index in [1.54, 1.807) is 48.5 Å². The maximum absolute atomic E-state index is 13.0. The van der Waals surface area contributed by atoms with Gasteiger partial charge in [-0.3, -0.25) is 14.5 Å². The molecule has 2 heterocycles. The molecule has 1 saturated heterocycles. The number of carbonyl (C=O) groups excluding carboxylic acids is 2. The predicted octanol–water partition coefficient (Wildman–Crippen LogP) is 4.25. The molecule has 0 bridgehead atoms. The van der Waals surface area contributed by atoms with E-state index < -0.39 is 17.7 Å². The lowest BCUT2D eigenvalue weighted by Crippen LogP contribution is -2.29. The molecule has 1 N–H and O–H groups in total. The summed E-state index contributed by atoms with van der Waals surface area (Å²) >= 11 is 1.39. The number of rotatable bonds is 4. The molecule has 1 amide bonds. The Morgan fingerprint density at radius 3 is 2.37 bits per heavy atom. The highest BCUT2D eigenvalue weighted by Gasteiger charge is 2.47. The van der Waals surface area contributed by atoms with Crippen LogP contribution in [0.1, 0.15) is 22.0 Å². The zero-order chi connectivity index (χ0) is 21.3. The number of amides is 1. The van der Waals surface area contributed by atoms with E-state index in [4.69, 9.17) is 10.00 Å². The maximum Gasteiger partial charge on any atom is 0.300 e. The number of ether oxygens (including phenoxy) is 1. The van der Waals surface area contributed by atoms with Gasteiger partial charge in [0, 0.05) is 16.1 Å². The van der Waals surface area contributed by atoms with Crippen molar-refractivity contribution in [1.82, 2.24) is 0 Å². The van der Waals surface area contributed by atoms with Crippen LogP contribution < -0.4 is 9.64 Å². The molecule has 1 aliphatic heterocycles. The van der Waals surface area contributed by atoms with Crippen LogP contribution in [0, 0.1) is 11.3 Å². The summed E-state index contributed by atoms with van der Waals surface area (Å²) in [6.45, 7) is 0. The zero-order valence-electron chi connectivity index (χ0n) is 15.9. The monoisotopic (exact) mass is 416 g/mol. The second-order valence-electron chi connectivity index (χ2n) is 6.57. The summed E-state index contributed by atoms with van der Waals surface area (Å²) in [4.78, 5) is 28.0. The first-order chi connectivity index (χ1) is 14.5. The Hall–Kier alpha value is -3.89. The average molecular weight is 416 g/mol. The molecular weight excluding hydrogens is 400 g/mol. The summed E-state index contributed by atoms with van der Waals surface area (Å²) in [5.41, 5.74) is 1.36. The molecular formula is C23H16N2O4S. The van der Waals surface area contributed by atoms with Crippen LogP contribution >= 0.6 is 11.3 Å². The van der Waals surface area contributed by atoms with E-state index >= 15 is 0 Å². The molecule has 30 heavy (non-hydrogen) atoms. The van der Waals surface area contributed by atoms with Crippen molar-refractivity contribution in [2.75, 3.05) is 12.0 Å². The fourth-order valence-electron chi connectivity index (χ4n) is 3.42. The highest BCUT2D eigenvalue weighted by Crippen LogP contribution is 2.43. The Morgan fingerprint density at radius 2 is 1.80 bits per heavy atom. The number of carbonyl (C=O) groups is 2. The van der Waals surface area contributed by atoms with Gasteiger partial charge in [0.25, 0.3) is 11.7 Å². The highest BCUT2D eigenvalue weighted by molar-refractivity contribution is 7.10. The number of aliphatic hydroxyl groups excluding tert-OH is 1. The number of hydrogen-bond acceptors (Lipinski definition) is 6. The van der Waals surface area contributed by atoms with Crippen LogP contribution in [0.2, 0.25) is 0 Å². The second-order valence-corrected chi connectivity index (χ2v) is 7.55. The number of nitrogens with zero attached hydrogens (tertiary/aromatic N) is 2. The number of Topliss-reactive ketones (excluding diaryl/α,β-unsaturated/α-hetero) is 1. The van der Waals surface area contributed by atoms with Crippen molar-refractivity contribution < 1.29 is 19.4 Å². The quantitative estimate of drug-likeness (QED) is 0.390. The predicted molar refractivity (Wildman–Crippen MR) is 113 cm³/mol. The minimum Gasteiger partial charge on any atom is -0.507 e. The first-order valence-electron chi connectivity index (χ1n) is 9.04. The molecule has 1 aliphatic rings. The van der Waals surface area contributed by atoms with Crippen molar-refractivity contribution in [2.45, 2.75) is 6.04 Å². The van der Waals surface area contributed by atoms with Crippen molar-refractivity contribution in [2.24, 2.45) is 0 Å². The standard InChI is InChI=1S/C23H16N2O4S/c1-29-17-10-6-15(7-11-17)21(26)19-20(18-3-2-12-30-18)25(23(28)22(19)27)16-8-4-14(13-24)5-9-16/h2-12,20,26H,1H3/b21-19-. The number of thiophene rings is 1. The highest BCUT2D eigenvalue weighted by atomic mass is 32.1. The van der Waals surface area contributed by atoms with Crippen molar-refractivity contribution in [3.05, 3.63) is 87.6 Å². The number of benzene rings is 2. The molecule has 6 nitrogen and oxygen atoms in total. The molecule has 0 aliphatic carbocycles. The first kappa shape index (κ1) is 19.4. The number of anilines is 1. The SMILES string of the molecule is COc1ccc(/C(O)=C2/C(=O)C(=O)N(c3ccc(C#N)cc3)C2c2cccs2)cc1. The fourth-order valence-corrected chi connectivity index (χ4v) is 4.24. The lowest BCUT2D eigenvalue weighted by Gasteiger charge is -2.24. The van der Waals surface area contributed by atoms with Crippen molar-refractivity contribution in [3.63, 3.8) is 0 Å². The van der Waals surface area contributed by atoms with Crippen LogP contribution in [0.5, 0.6) is 5.75 Å². The molecule has 1 atom stereocenters. The van der Waals surface area contributed by atoms with Gasteiger partial charge in [-0.1, -0.05) is 6.07 Å². The molecule has 4 rings (SSSR count). The third-order valence-electron chi connectivity index (χ3n) is 4.90. The number of nitriles is 1. The van der Waals surface area contributed by atoms with Gasteiger partial charge in [0.05, 0.1) is 24.3 Å². The Balaban J connectivity index is 1.87. The van der Waals surface area contributed by atoms with Crippen LogP contribution in [0.4, 0.5) is 5.69 Å². The summed E-state index contributed by atoms with van der Waals surface area (Å²) in [5, 5.41) is 21.9. The van der Waals surface area contributed by atoms with Crippen LogP contribution in [0.15, 0.2) is 71.6 Å². The van der Waals surface area contributed by atoms with Gasteiger partial charge in [0.2, 0.25) is 0 Å². The van der Waals surface area contributed by atoms with Gasteiger partial charge < -0.3 is 9.84 Å². The number of aliphatic hydroxyl groups is 1. The lowest BCUT2D eigenvalue weighted by atomic mass is 9.99. The molecule has 7 heteroatoms. The summed E-state index contributed by atoms with van der Waals surface area (Å²) in [7, 11) is 1.54. The fraction of sp³-hybridized carbons (Fsp3) is 0.0870. The third kappa shape index (κ3) is 3.23. The Morgan fingerprint density at radius 1 is 1.10 bits per heavy atom. The first-order valence-corrected chi connectivity index (χ1v) is 9.92. The van der Waals surface area contributed by atoms with E-state index in [0.717, 1.165) is 4.88 Å². The molecule has 1 aromatic heterocycles. The maximum atomic E-state index is 13.0. The van der Waals surface area contributed by atoms with E-state index in [2.05, 4.69) is 0 Å². The van der Waals surface area contributed by atoms with E-state index in [1.807, 2.05) is 23.6 Å². The smallest absolute Gasteiger partial charge is 0.300 e. The summed E-state index contributed by atoms with van der Waals surface area (Å²) in [6.07, 6.45) is 0. The van der Waals surface area contributed by atoms with E-state index in [0.29, 0.717) is 22.6 Å². The summed E-state index contributed by atoms with van der Waals surface area (Å²) in [6, 6.07) is 17.9. The van der Waals surface area contributed by atoms with Crippen molar-refractivity contribution in [3.8, 4) is 11.8 Å². The Kier molecular flexibility index (Phi) is 5.09. The van der Waals surface area contributed by atoms with Gasteiger partial charge in [0.1, 0.15) is 17.6 Å². The van der Waals surface area contributed by atoms with Crippen LogP contribution in [0.3, 0.4) is 0 Å². The summed E-state index contributed by atoms with van der Waals surface area (Å²) in [5.74, 6) is -1.12. The zero-order valence-corrected chi connectivity index (χ0v) is 16.7. The largest absolute Gasteiger partial charge is 0.507 e. The molecule has 0 spiro atoms. The number of hydrogen-bond donors (Lipinski definition) is 1. The van der Waals surface area contributed by atoms with Crippen molar-refractivity contribution >= 4 is 34.5 Å². The van der Waals surface area contributed by atoms with Gasteiger partial charge in [-0.2, -0.15) is 5.26 Å². The lowest BCUT2D eigenvalue weighted by molar-refractivity contribution is -0.132. The number of ketones is 1. The Bertz CT molecular complexity index is 1170. The van der Waals surface area contributed by atoms with E-state index in [1.165, 1.54) is 23.3 Å². The average Bonchev–Trinajstić information content (AvgIpc) is 3.40. The minimum absolute atomic E-state index is 0.0250. The summed E-state index contributed by atoms with van der Waals surface area (Å²) < 4.78 is 5.14. The van der Waals surface area contributed by atoms with Crippen LogP contribution in [0.25, 0.3) is 5.76 Å². The Labute approximate surface area is 176 Å². The topological polar surface area (TPSA) is 90.6 Å². The second kappa shape index (κ2) is 7.85. The minimum atomic E-state index is -0.764. The molecule has 1 fully saturated rings. The molecule has 0 radical (unpaired) electrons. The molecule has 2 aromatic carbocycles. The molecule has 148 valence electrons. The molecule has 1 unspecified atom stereocenters.